The first-order valence-electron chi connectivity index (χ1n) is 6.92. The van der Waals surface area contributed by atoms with Gasteiger partial charge in [-0.05, 0) is 19.4 Å². The summed E-state index contributed by atoms with van der Waals surface area (Å²) in [6, 6.07) is 3.55. The summed E-state index contributed by atoms with van der Waals surface area (Å²) in [5, 5.41) is 12.9. The fourth-order valence-electron chi connectivity index (χ4n) is 2.08. The van der Waals surface area contributed by atoms with Crippen molar-refractivity contribution in [2.75, 3.05) is 6.54 Å². The van der Waals surface area contributed by atoms with E-state index in [1.165, 1.54) is 0 Å². The largest absolute Gasteiger partial charge is 0.479 e. The molecule has 0 heterocycles. The zero-order valence-corrected chi connectivity index (χ0v) is 13.0. The van der Waals surface area contributed by atoms with Gasteiger partial charge in [-0.1, -0.05) is 29.3 Å². The molecule has 0 spiro atoms. The Kier molecular flexibility index (Phi) is 6.33. The monoisotopic (exact) mass is 346 g/mol. The number of benzene rings is 1. The molecule has 24 heavy (non-hydrogen) atoms. The third-order valence-corrected chi connectivity index (χ3v) is 2.94. The number of aliphatic carboxylic acids is 1. The fourth-order valence-corrected chi connectivity index (χ4v) is 2.08. The van der Waals surface area contributed by atoms with Crippen LogP contribution in [0.15, 0.2) is 18.2 Å². The van der Waals surface area contributed by atoms with Crippen LogP contribution in [0.2, 0.25) is 0 Å². The van der Waals surface area contributed by atoms with E-state index in [0.29, 0.717) is 5.56 Å². The molecule has 1 unspecified atom stereocenters. The summed E-state index contributed by atoms with van der Waals surface area (Å²) >= 11 is 0. The van der Waals surface area contributed by atoms with Crippen molar-refractivity contribution in [2.24, 2.45) is 0 Å². The van der Waals surface area contributed by atoms with Gasteiger partial charge in [0.25, 0.3) is 0 Å². The number of hydrogen-bond donors (Lipinski definition) is 3. The third-order valence-electron chi connectivity index (χ3n) is 2.94. The lowest BCUT2D eigenvalue weighted by Gasteiger charge is -2.16. The van der Waals surface area contributed by atoms with E-state index in [1.807, 2.05) is 6.07 Å². The van der Waals surface area contributed by atoms with Crippen molar-refractivity contribution in [3.8, 4) is 0 Å². The molecule has 0 bridgehead atoms. The Balaban J connectivity index is 2.73. The standard InChI is InChI=1S/C15H17F3N2O4/c1-8-3-9(2)5-10(4-8)13(14(23)24)20-12(22)6-11(21)19-7-15(16,17)18/h3-5,13H,6-7H2,1-2H3,(H,19,21)(H,20,22)(H,23,24). The minimum atomic E-state index is -4.59. The van der Waals surface area contributed by atoms with Crippen molar-refractivity contribution in [2.45, 2.75) is 32.5 Å². The van der Waals surface area contributed by atoms with Gasteiger partial charge in [0.1, 0.15) is 13.0 Å². The van der Waals surface area contributed by atoms with E-state index in [-0.39, 0.29) is 0 Å². The lowest BCUT2D eigenvalue weighted by Crippen LogP contribution is -2.39. The Morgan fingerprint density at radius 3 is 2.08 bits per heavy atom. The summed E-state index contributed by atoms with van der Waals surface area (Å²) in [5.41, 5.74) is 1.88. The maximum absolute atomic E-state index is 12.0. The van der Waals surface area contributed by atoms with Gasteiger partial charge in [-0.2, -0.15) is 13.2 Å². The molecular weight excluding hydrogens is 329 g/mol. The second kappa shape index (κ2) is 7.80. The number of carbonyl (C=O) groups is 3. The van der Waals surface area contributed by atoms with Crippen LogP contribution in [-0.2, 0) is 14.4 Å². The first-order chi connectivity index (χ1) is 11.0. The number of halogens is 3. The molecule has 3 N–H and O–H groups in total. The third kappa shape index (κ3) is 6.67. The van der Waals surface area contributed by atoms with Crippen LogP contribution in [0, 0.1) is 13.8 Å². The molecule has 0 aliphatic heterocycles. The highest BCUT2D eigenvalue weighted by Gasteiger charge is 2.28. The topological polar surface area (TPSA) is 95.5 Å². The number of carboxylic acids is 1. The van der Waals surface area contributed by atoms with E-state index in [1.54, 1.807) is 31.3 Å². The quantitative estimate of drug-likeness (QED) is 0.682. The Labute approximate surface area is 136 Å². The normalized spacial score (nSPS) is 12.4. The molecule has 0 aromatic heterocycles. The summed E-state index contributed by atoms with van der Waals surface area (Å²) in [4.78, 5) is 34.3. The van der Waals surface area contributed by atoms with Crippen molar-refractivity contribution in [3.63, 3.8) is 0 Å². The highest BCUT2D eigenvalue weighted by Crippen LogP contribution is 2.18. The summed E-state index contributed by atoms with van der Waals surface area (Å²) in [6.07, 6.45) is -5.49. The van der Waals surface area contributed by atoms with Crippen LogP contribution in [0.25, 0.3) is 0 Å². The van der Waals surface area contributed by atoms with Gasteiger partial charge in [-0.25, -0.2) is 4.79 Å². The van der Waals surface area contributed by atoms with Gasteiger partial charge < -0.3 is 15.7 Å². The van der Waals surface area contributed by atoms with Gasteiger partial charge in [-0.15, -0.1) is 0 Å². The molecule has 0 saturated carbocycles. The Bertz CT molecular complexity index is 624. The molecule has 0 saturated heterocycles. The molecular formula is C15H17F3N2O4. The average molecular weight is 346 g/mol. The number of amides is 2. The molecule has 0 aliphatic carbocycles. The van der Waals surface area contributed by atoms with Crippen LogP contribution < -0.4 is 10.6 Å². The van der Waals surface area contributed by atoms with Gasteiger partial charge in [0.05, 0.1) is 0 Å². The Hall–Kier alpha value is -2.58. The lowest BCUT2D eigenvalue weighted by atomic mass is 10.0. The van der Waals surface area contributed by atoms with Crippen LogP contribution in [0.1, 0.15) is 29.2 Å². The first kappa shape index (κ1) is 19.5. The predicted octanol–water partition coefficient (Wildman–Crippen LogP) is 1.61. The average Bonchev–Trinajstić information content (AvgIpc) is 2.40. The van der Waals surface area contributed by atoms with E-state index >= 15 is 0 Å². The van der Waals surface area contributed by atoms with Gasteiger partial charge in [-0.3, -0.25) is 9.59 Å². The maximum atomic E-state index is 12.0. The van der Waals surface area contributed by atoms with Crippen LogP contribution in [-0.4, -0.2) is 35.6 Å². The van der Waals surface area contributed by atoms with Crippen molar-refractivity contribution in [3.05, 3.63) is 34.9 Å². The molecule has 0 fully saturated rings. The maximum Gasteiger partial charge on any atom is 0.405 e. The van der Waals surface area contributed by atoms with Crippen LogP contribution in [0.5, 0.6) is 0 Å². The number of hydrogen-bond acceptors (Lipinski definition) is 3. The number of alkyl halides is 3. The highest BCUT2D eigenvalue weighted by molar-refractivity contribution is 5.98. The smallest absolute Gasteiger partial charge is 0.405 e. The summed E-state index contributed by atoms with van der Waals surface area (Å²) in [7, 11) is 0. The summed E-state index contributed by atoms with van der Waals surface area (Å²) in [5.74, 6) is -3.47. The van der Waals surface area contributed by atoms with Gasteiger partial charge in [0.15, 0.2) is 6.04 Å². The van der Waals surface area contributed by atoms with E-state index in [9.17, 15) is 32.7 Å². The zero-order valence-electron chi connectivity index (χ0n) is 13.0. The molecule has 1 atom stereocenters. The number of carbonyl (C=O) groups excluding carboxylic acids is 2. The SMILES string of the molecule is Cc1cc(C)cc(C(NC(=O)CC(=O)NCC(F)(F)F)C(=O)O)c1. The first-order valence-corrected chi connectivity index (χ1v) is 6.92. The number of aryl methyl sites for hydroxylation is 2. The number of rotatable bonds is 6. The van der Waals surface area contributed by atoms with E-state index in [0.717, 1.165) is 11.1 Å². The van der Waals surface area contributed by atoms with Crippen LogP contribution in [0.4, 0.5) is 13.2 Å². The second-order valence-electron chi connectivity index (χ2n) is 5.33. The predicted molar refractivity (Wildman–Crippen MR) is 78.1 cm³/mol. The minimum Gasteiger partial charge on any atom is -0.479 e. The van der Waals surface area contributed by atoms with Crippen molar-refractivity contribution >= 4 is 17.8 Å². The fraction of sp³-hybridized carbons (Fsp3) is 0.400. The molecule has 132 valence electrons. The highest BCUT2D eigenvalue weighted by atomic mass is 19.4. The van der Waals surface area contributed by atoms with E-state index in [2.05, 4.69) is 5.32 Å². The van der Waals surface area contributed by atoms with Crippen LogP contribution in [0.3, 0.4) is 0 Å². The van der Waals surface area contributed by atoms with Gasteiger partial charge in [0, 0.05) is 0 Å². The number of carboxylic acid groups (broad SMARTS) is 1. The van der Waals surface area contributed by atoms with Gasteiger partial charge in [0.2, 0.25) is 11.8 Å². The molecule has 0 radical (unpaired) electrons. The van der Waals surface area contributed by atoms with Crippen molar-refractivity contribution in [1.29, 1.82) is 0 Å². The Morgan fingerprint density at radius 1 is 1.08 bits per heavy atom. The van der Waals surface area contributed by atoms with Crippen molar-refractivity contribution in [1.82, 2.24) is 10.6 Å². The van der Waals surface area contributed by atoms with Crippen LogP contribution >= 0.6 is 0 Å². The minimum absolute atomic E-state index is 0.309. The molecule has 6 nitrogen and oxygen atoms in total. The number of nitrogens with one attached hydrogen (secondary N) is 2. The zero-order chi connectivity index (χ0) is 18.5. The molecule has 1 rings (SSSR count). The summed E-state index contributed by atoms with van der Waals surface area (Å²) < 4.78 is 35.9. The van der Waals surface area contributed by atoms with E-state index < -0.39 is 43.0 Å². The Morgan fingerprint density at radius 2 is 1.62 bits per heavy atom. The molecule has 1 aromatic carbocycles. The molecule has 0 aliphatic rings. The summed E-state index contributed by atoms with van der Waals surface area (Å²) in [6.45, 7) is 1.95. The molecule has 2 amide bonds. The molecule has 9 heteroatoms. The lowest BCUT2D eigenvalue weighted by molar-refractivity contribution is -0.144. The second-order valence-corrected chi connectivity index (χ2v) is 5.33. The van der Waals surface area contributed by atoms with Crippen molar-refractivity contribution < 1.29 is 32.7 Å². The van der Waals surface area contributed by atoms with Gasteiger partial charge >= 0.3 is 12.1 Å². The van der Waals surface area contributed by atoms with E-state index in [4.69, 9.17) is 0 Å². The molecule has 1 aromatic rings.